The summed E-state index contributed by atoms with van der Waals surface area (Å²) in [6, 6.07) is 7.64. The van der Waals surface area contributed by atoms with Gasteiger partial charge in [0.2, 0.25) is 5.78 Å². The molecule has 0 aliphatic rings. The zero-order valence-electron chi connectivity index (χ0n) is 10.2. The van der Waals surface area contributed by atoms with Crippen LogP contribution in [-0.4, -0.2) is 15.6 Å². The monoisotopic (exact) mass is 240 g/mol. The maximum absolute atomic E-state index is 12.3. The number of fused-ring (bicyclic) bond motifs is 1. The van der Waals surface area contributed by atoms with Gasteiger partial charge >= 0.3 is 0 Å². The van der Waals surface area contributed by atoms with Crippen LogP contribution in [0.4, 0.5) is 0 Å². The Bertz CT molecular complexity index is 737. The van der Waals surface area contributed by atoms with Crippen molar-refractivity contribution < 1.29 is 9.21 Å². The minimum Gasteiger partial charge on any atom is -0.452 e. The van der Waals surface area contributed by atoms with Gasteiger partial charge in [-0.15, -0.1) is 0 Å². The van der Waals surface area contributed by atoms with E-state index in [0.717, 1.165) is 16.5 Å². The van der Waals surface area contributed by atoms with Crippen LogP contribution in [0.1, 0.15) is 21.7 Å². The average molecular weight is 240 g/mol. The van der Waals surface area contributed by atoms with Crippen molar-refractivity contribution in [1.82, 2.24) is 9.78 Å². The van der Waals surface area contributed by atoms with E-state index in [-0.39, 0.29) is 5.78 Å². The van der Waals surface area contributed by atoms with E-state index in [9.17, 15) is 4.79 Å². The van der Waals surface area contributed by atoms with Crippen molar-refractivity contribution in [3.8, 4) is 0 Å². The molecule has 3 aromatic rings. The second kappa shape index (κ2) is 3.84. The fourth-order valence-corrected chi connectivity index (χ4v) is 2.06. The first-order valence-corrected chi connectivity index (χ1v) is 5.68. The van der Waals surface area contributed by atoms with Crippen molar-refractivity contribution in [1.29, 1.82) is 0 Å². The molecule has 1 aromatic carbocycles. The Morgan fingerprint density at radius 1 is 1.33 bits per heavy atom. The normalized spacial score (nSPS) is 11.0. The van der Waals surface area contributed by atoms with E-state index in [1.54, 1.807) is 24.1 Å². The predicted octanol–water partition coefficient (Wildman–Crippen LogP) is 2.71. The zero-order valence-corrected chi connectivity index (χ0v) is 10.2. The molecule has 4 nitrogen and oxygen atoms in total. The predicted molar refractivity (Wildman–Crippen MR) is 67.6 cm³/mol. The van der Waals surface area contributed by atoms with Crippen molar-refractivity contribution >= 4 is 16.8 Å². The van der Waals surface area contributed by atoms with E-state index in [0.29, 0.717) is 11.3 Å². The fourth-order valence-electron chi connectivity index (χ4n) is 2.06. The van der Waals surface area contributed by atoms with Crippen LogP contribution in [0.5, 0.6) is 0 Å². The molecule has 0 radical (unpaired) electrons. The summed E-state index contributed by atoms with van der Waals surface area (Å²) in [7, 11) is 1.78. The van der Waals surface area contributed by atoms with Crippen LogP contribution in [0.25, 0.3) is 11.0 Å². The Labute approximate surface area is 104 Å². The minimum absolute atomic E-state index is 0.128. The lowest BCUT2D eigenvalue weighted by Crippen LogP contribution is -2.00. The van der Waals surface area contributed by atoms with Crippen molar-refractivity contribution in [3.05, 3.63) is 53.5 Å². The Kier molecular flexibility index (Phi) is 2.30. The van der Waals surface area contributed by atoms with Gasteiger partial charge in [-0.2, -0.15) is 5.10 Å². The van der Waals surface area contributed by atoms with Gasteiger partial charge in [-0.3, -0.25) is 9.48 Å². The van der Waals surface area contributed by atoms with Crippen molar-refractivity contribution in [2.75, 3.05) is 0 Å². The molecule has 18 heavy (non-hydrogen) atoms. The second-order valence-electron chi connectivity index (χ2n) is 4.28. The molecule has 0 atom stereocenters. The minimum atomic E-state index is -0.128. The number of hydrogen-bond donors (Lipinski definition) is 0. The van der Waals surface area contributed by atoms with E-state index in [1.165, 1.54) is 0 Å². The lowest BCUT2D eigenvalue weighted by Gasteiger charge is -1.94. The number of carbonyl (C=O) groups is 1. The third-order valence-corrected chi connectivity index (χ3v) is 3.02. The highest BCUT2D eigenvalue weighted by atomic mass is 16.3. The van der Waals surface area contributed by atoms with Gasteiger partial charge in [-0.25, -0.2) is 0 Å². The molecule has 2 aromatic heterocycles. The van der Waals surface area contributed by atoms with Gasteiger partial charge in [-0.1, -0.05) is 18.2 Å². The topological polar surface area (TPSA) is 48.0 Å². The van der Waals surface area contributed by atoms with E-state index in [4.69, 9.17) is 4.42 Å². The summed E-state index contributed by atoms with van der Waals surface area (Å²) in [4.78, 5) is 12.3. The number of benzene rings is 1. The quantitative estimate of drug-likeness (QED) is 0.647. The number of para-hydroxylation sites is 1. The molecule has 0 aliphatic carbocycles. The Balaban J connectivity index is 2.14. The third-order valence-electron chi connectivity index (χ3n) is 3.02. The molecule has 0 saturated heterocycles. The summed E-state index contributed by atoms with van der Waals surface area (Å²) >= 11 is 0. The lowest BCUT2D eigenvalue weighted by molar-refractivity contribution is 0.101. The van der Waals surface area contributed by atoms with Crippen molar-refractivity contribution in [2.45, 2.75) is 6.92 Å². The van der Waals surface area contributed by atoms with Crippen molar-refractivity contribution in [2.24, 2.45) is 7.05 Å². The van der Waals surface area contributed by atoms with Gasteiger partial charge in [0.15, 0.2) is 5.76 Å². The highest BCUT2D eigenvalue weighted by Crippen LogP contribution is 2.26. The summed E-state index contributed by atoms with van der Waals surface area (Å²) in [5, 5.41) is 4.98. The van der Waals surface area contributed by atoms with Gasteiger partial charge < -0.3 is 4.42 Å². The van der Waals surface area contributed by atoms with Crippen LogP contribution in [0.15, 0.2) is 41.1 Å². The van der Waals surface area contributed by atoms with E-state index in [2.05, 4.69) is 5.10 Å². The molecular weight excluding hydrogens is 228 g/mol. The summed E-state index contributed by atoms with van der Waals surface area (Å²) < 4.78 is 7.24. The highest BCUT2D eigenvalue weighted by molar-refractivity contribution is 6.10. The molecule has 0 bridgehead atoms. The molecule has 0 aliphatic heterocycles. The van der Waals surface area contributed by atoms with E-state index in [1.807, 2.05) is 31.2 Å². The number of rotatable bonds is 2. The van der Waals surface area contributed by atoms with Crippen LogP contribution < -0.4 is 0 Å². The summed E-state index contributed by atoms with van der Waals surface area (Å²) in [5.41, 5.74) is 2.15. The van der Waals surface area contributed by atoms with Gasteiger partial charge in [0.25, 0.3) is 0 Å². The smallest absolute Gasteiger partial charge is 0.231 e. The number of furan rings is 1. The largest absolute Gasteiger partial charge is 0.452 e. The lowest BCUT2D eigenvalue weighted by atomic mass is 10.1. The maximum Gasteiger partial charge on any atom is 0.231 e. The van der Waals surface area contributed by atoms with Gasteiger partial charge in [0, 0.05) is 24.2 Å². The molecule has 2 heterocycles. The summed E-state index contributed by atoms with van der Waals surface area (Å²) in [5.74, 6) is 0.265. The molecule has 0 N–H and O–H groups in total. The Morgan fingerprint density at radius 2 is 2.11 bits per heavy atom. The first kappa shape index (κ1) is 10.8. The van der Waals surface area contributed by atoms with Crippen LogP contribution in [-0.2, 0) is 7.05 Å². The summed E-state index contributed by atoms with van der Waals surface area (Å²) in [6.07, 6.45) is 3.24. The number of hydrogen-bond acceptors (Lipinski definition) is 3. The molecule has 0 amide bonds. The number of ketones is 1. The SMILES string of the molecule is Cc1c(C(=O)c2cnn(C)c2)oc2ccccc12. The first-order chi connectivity index (χ1) is 8.66. The highest BCUT2D eigenvalue weighted by Gasteiger charge is 2.19. The third kappa shape index (κ3) is 1.54. The first-order valence-electron chi connectivity index (χ1n) is 5.68. The fraction of sp³-hybridized carbons (Fsp3) is 0.143. The molecule has 0 unspecified atom stereocenters. The maximum atomic E-state index is 12.3. The molecule has 90 valence electrons. The standard InChI is InChI=1S/C14H12N2O2/c1-9-11-5-3-4-6-12(11)18-14(9)13(17)10-7-15-16(2)8-10/h3-8H,1-2H3. The molecule has 4 heteroatoms. The number of aromatic nitrogens is 2. The van der Waals surface area contributed by atoms with Crippen molar-refractivity contribution in [3.63, 3.8) is 0 Å². The van der Waals surface area contributed by atoms with Crippen LogP contribution in [0, 0.1) is 6.92 Å². The number of aryl methyl sites for hydroxylation is 2. The number of carbonyl (C=O) groups excluding carboxylic acids is 1. The number of nitrogens with zero attached hydrogens (tertiary/aromatic N) is 2. The molecule has 0 saturated carbocycles. The zero-order chi connectivity index (χ0) is 12.7. The molecule has 3 rings (SSSR count). The van der Waals surface area contributed by atoms with Gasteiger partial charge in [-0.05, 0) is 13.0 Å². The molecule has 0 spiro atoms. The van der Waals surface area contributed by atoms with E-state index < -0.39 is 0 Å². The molecular formula is C14H12N2O2. The van der Waals surface area contributed by atoms with Crippen LogP contribution in [0.3, 0.4) is 0 Å². The van der Waals surface area contributed by atoms with Crippen LogP contribution >= 0.6 is 0 Å². The molecule has 0 fully saturated rings. The average Bonchev–Trinajstić information content (AvgIpc) is 2.94. The Morgan fingerprint density at radius 3 is 2.78 bits per heavy atom. The second-order valence-corrected chi connectivity index (χ2v) is 4.28. The van der Waals surface area contributed by atoms with Gasteiger partial charge in [0.1, 0.15) is 5.58 Å². The Hall–Kier alpha value is -2.36. The van der Waals surface area contributed by atoms with Gasteiger partial charge in [0.05, 0.1) is 11.8 Å². The van der Waals surface area contributed by atoms with Crippen LogP contribution in [0.2, 0.25) is 0 Å². The van der Waals surface area contributed by atoms with E-state index >= 15 is 0 Å². The summed E-state index contributed by atoms with van der Waals surface area (Å²) in [6.45, 7) is 1.90.